The van der Waals surface area contributed by atoms with Gasteiger partial charge in [-0.15, -0.1) is 0 Å². The first-order valence-corrected chi connectivity index (χ1v) is 5.91. The van der Waals surface area contributed by atoms with E-state index in [9.17, 15) is 4.79 Å². The molecular formula is C16H16NO. The third kappa shape index (κ3) is 2.84. The van der Waals surface area contributed by atoms with E-state index >= 15 is 0 Å². The first-order chi connectivity index (χ1) is 8.74. The van der Waals surface area contributed by atoms with Crippen LogP contribution in [0.25, 0.3) is 0 Å². The summed E-state index contributed by atoms with van der Waals surface area (Å²) in [6.45, 7) is 4.60. The molecule has 0 fully saturated rings. The molecule has 0 saturated heterocycles. The van der Waals surface area contributed by atoms with Crippen LogP contribution in [0.4, 0.5) is 0 Å². The van der Waals surface area contributed by atoms with Crippen molar-refractivity contribution in [2.24, 2.45) is 0 Å². The first kappa shape index (κ1) is 12.5. The molecular weight excluding hydrogens is 222 g/mol. The maximum absolute atomic E-state index is 11.3. The molecule has 1 N–H and O–H groups in total. The molecule has 0 saturated carbocycles. The summed E-state index contributed by atoms with van der Waals surface area (Å²) in [5, 5.41) is 3.20. The Kier molecular flexibility index (Phi) is 3.90. The number of hydrogen-bond donors (Lipinski definition) is 1. The molecule has 2 aromatic carbocycles. The predicted octanol–water partition coefficient (Wildman–Crippen LogP) is 2.70. The number of carbonyl (C=O) groups is 1. The summed E-state index contributed by atoms with van der Waals surface area (Å²) < 4.78 is 0. The highest BCUT2D eigenvalue weighted by Crippen LogP contribution is 2.18. The lowest BCUT2D eigenvalue weighted by Gasteiger charge is -2.25. The fraction of sp³-hybridized carbons (Fsp3) is 0.125. The summed E-state index contributed by atoms with van der Waals surface area (Å²) >= 11 is 0. The Morgan fingerprint density at radius 1 is 1.00 bits per heavy atom. The molecule has 0 spiro atoms. The number of benzene rings is 2. The Bertz CT molecular complexity index is 495. The van der Waals surface area contributed by atoms with Gasteiger partial charge in [0, 0.05) is 6.54 Å². The van der Waals surface area contributed by atoms with Crippen molar-refractivity contribution in [1.29, 1.82) is 0 Å². The first-order valence-electron chi connectivity index (χ1n) is 5.91. The highest BCUT2D eigenvalue weighted by atomic mass is 16.1. The van der Waals surface area contributed by atoms with E-state index in [0.717, 1.165) is 17.4 Å². The molecule has 2 heteroatoms. The Labute approximate surface area is 108 Å². The second-order valence-corrected chi connectivity index (χ2v) is 4.29. The molecule has 1 radical (unpaired) electrons. The van der Waals surface area contributed by atoms with Crippen LogP contribution in [0.3, 0.4) is 0 Å². The number of rotatable bonds is 5. The summed E-state index contributed by atoms with van der Waals surface area (Å²) in [6.07, 6.45) is 0.852. The quantitative estimate of drug-likeness (QED) is 0.811. The Morgan fingerprint density at radius 3 is 2.11 bits per heavy atom. The summed E-state index contributed by atoms with van der Waals surface area (Å²) in [7, 11) is 0. The van der Waals surface area contributed by atoms with E-state index in [-0.39, 0.29) is 0 Å². The van der Waals surface area contributed by atoms with Gasteiger partial charge in [-0.05, 0) is 18.1 Å². The SMILES string of the molecule is [CH2]C(C=O)(NCc1ccccc1)c1ccccc1. The molecule has 0 bridgehead atoms. The van der Waals surface area contributed by atoms with E-state index in [0.29, 0.717) is 6.54 Å². The third-order valence-corrected chi connectivity index (χ3v) is 2.94. The van der Waals surface area contributed by atoms with E-state index in [4.69, 9.17) is 0 Å². The number of hydrogen-bond acceptors (Lipinski definition) is 2. The molecule has 2 nitrogen and oxygen atoms in total. The largest absolute Gasteiger partial charge is 0.301 e. The van der Waals surface area contributed by atoms with Crippen LogP contribution in [0, 0.1) is 6.92 Å². The van der Waals surface area contributed by atoms with E-state index in [1.165, 1.54) is 0 Å². The van der Waals surface area contributed by atoms with Gasteiger partial charge < -0.3 is 4.79 Å². The van der Waals surface area contributed by atoms with Crippen LogP contribution in [0.2, 0.25) is 0 Å². The van der Waals surface area contributed by atoms with Gasteiger partial charge in [-0.1, -0.05) is 60.7 Å². The highest BCUT2D eigenvalue weighted by Gasteiger charge is 2.24. The second kappa shape index (κ2) is 5.61. The van der Waals surface area contributed by atoms with E-state index < -0.39 is 5.54 Å². The molecule has 0 aliphatic rings. The van der Waals surface area contributed by atoms with Gasteiger partial charge in [0.25, 0.3) is 0 Å². The van der Waals surface area contributed by atoms with Crippen molar-refractivity contribution >= 4 is 6.29 Å². The summed E-state index contributed by atoms with van der Waals surface area (Å²) in [5.41, 5.74) is 1.11. The Hall–Kier alpha value is -1.93. The molecule has 1 atom stereocenters. The number of carbonyl (C=O) groups excluding carboxylic acids is 1. The monoisotopic (exact) mass is 238 g/mol. The maximum Gasteiger partial charge on any atom is 0.144 e. The van der Waals surface area contributed by atoms with Gasteiger partial charge in [0.15, 0.2) is 0 Å². The molecule has 91 valence electrons. The zero-order valence-corrected chi connectivity index (χ0v) is 10.2. The molecule has 0 heterocycles. The molecule has 2 aromatic rings. The number of nitrogens with one attached hydrogen (secondary N) is 1. The maximum atomic E-state index is 11.3. The van der Waals surface area contributed by atoms with Crippen LogP contribution >= 0.6 is 0 Å². The predicted molar refractivity (Wildman–Crippen MR) is 72.8 cm³/mol. The lowest BCUT2D eigenvalue weighted by molar-refractivity contribution is -0.112. The second-order valence-electron chi connectivity index (χ2n) is 4.29. The van der Waals surface area contributed by atoms with Gasteiger partial charge in [0.1, 0.15) is 11.8 Å². The molecule has 18 heavy (non-hydrogen) atoms. The molecule has 0 aliphatic carbocycles. The standard InChI is InChI=1S/C16H16NO/c1-16(13-18,15-10-6-3-7-11-15)17-12-14-8-4-2-5-9-14/h2-11,13,17H,1,12H2. The fourth-order valence-corrected chi connectivity index (χ4v) is 1.80. The average molecular weight is 238 g/mol. The van der Waals surface area contributed by atoms with Crippen molar-refractivity contribution in [3.63, 3.8) is 0 Å². The van der Waals surface area contributed by atoms with Crippen LogP contribution in [-0.2, 0) is 16.9 Å². The lowest BCUT2D eigenvalue weighted by Crippen LogP contribution is -2.40. The van der Waals surface area contributed by atoms with Crippen LogP contribution < -0.4 is 5.32 Å². The molecule has 0 aromatic heterocycles. The zero-order chi connectivity index (χ0) is 12.8. The minimum atomic E-state index is -0.892. The van der Waals surface area contributed by atoms with E-state index in [2.05, 4.69) is 12.2 Å². The summed E-state index contributed by atoms with van der Waals surface area (Å²) in [6, 6.07) is 19.5. The van der Waals surface area contributed by atoms with Gasteiger partial charge in [-0.2, -0.15) is 0 Å². The van der Waals surface area contributed by atoms with Gasteiger partial charge in [-0.25, -0.2) is 0 Å². The smallest absolute Gasteiger partial charge is 0.144 e. The van der Waals surface area contributed by atoms with Crippen LogP contribution in [0.15, 0.2) is 60.7 Å². The van der Waals surface area contributed by atoms with Crippen LogP contribution in [0.1, 0.15) is 11.1 Å². The van der Waals surface area contributed by atoms with Crippen molar-refractivity contribution in [2.45, 2.75) is 12.1 Å². The minimum Gasteiger partial charge on any atom is -0.301 e. The van der Waals surface area contributed by atoms with E-state index in [1.807, 2.05) is 60.7 Å². The molecule has 0 amide bonds. The fourth-order valence-electron chi connectivity index (χ4n) is 1.80. The van der Waals surface area contributed by atoms with Gasteiger partial charge >= 0.3 is 0 Å². The van der Waals surface area contributed by atoms with Crippen LogP contribution in [-0.4, -0.2) is 6.29 Å². The van der Waals surface area contributed by atoms with Crippen molar-refractivity contribution < 1.29 is 4.79 Å². The van der Waals surface area contributed by atoms with Crippen molar-refractivity contribution in [1.82, 2.24) is 5.32 Å². The summed E-state index contributed by atoms with van der Waals surface area (Å²) in [4.78, 5) is 11.3. The summed E-state index contributed by atoms with van der Waals surface area (Å²) in [5.74, 6) is 0. The topological polar surface area (TPSA) is 29.1 Å². The van der Waals surface area contributed by atoms with Crippen molar-refractivity contribution in [3.05, 3.63) is 78.7 Å². The van der Waals surface area contributed by atoms with Gasteiger partial charge in [-0.3, -0.25) is 5.32 Å². The van der Waals surface area contributed by atoms with Crippen LogP contribution in [0.5, 0.6) is 0 Å². The lowest BCUT2D eigenvalue weighted by atomic mass is 9.93. The highest BCUT2D eigenvalue weighted by molar-refractivity contribution is 5.69. The van der Waals surface area contributed by atoms with Gasteiger partial charge in [0.05, 0.1) is 0 Å². The third-order valence-electron chi connectivity index (χ3n) is 2.94. The molecule has 1 unspecified atom stereocenters. The van der Waals surface area contributed by atoms with Crippen molar-refractivity contribution in [2.75, 3.05) is 0 Å². The normalized spacial score (nSPS) is 13.8. The van der Waals surface area contributed by atoms with Gasteiger partial charge in [0.2, 0.25) is 0 Å². The minimum absolute atomic E-state index is 0.609. The Balaban J connectivity index is 2.12. The van der Waals surface area contributed by atoms with E-state index in [1.54, 1.807) is 0 Å². The van der Waals surface area contributed by atoms with Crippen molar-refractivity contribution in [3.8, 4) is 0 Å². The molecule has 0 aliphatic heterocycles. The number of aldehydes is 1. The molecule has 2 rings (SSSR count). The zero-order valence-electron chi connectivity index (χ0n) is 10.2. The Morgan fingerprint density at radius 2 is 1.56 bits per heavy atom. The average Bonchev–Trinajstić information content (AvgIpc) is 2.47.